The van der Waals surface area contributed by atoms with Crippen LogP contribution in [0.5, 0.6) is 0 Å². The number of hydrogen-bond acceptors (Lipinski definition) is 1. The van der Waals surface area contributed by atoms with Gasteiger partial charge in [0.25, 0.3) is 5.91 Å². The number of anilines is 1. The average molecular weight is 323 g/mol. The van der Waals surface area contributed by atoms with Gasteiger partial charge in [0, 0.05) is 5.56 Å². The topological polar surface area (TPSA) is 45.7 Å². The van der Waals surface area contributed by atoms with E-state index in [1.165, 1.54) is 22.4 Å². The van der Waals surface area contributed by atoms with Gasteiger partial charge in [-0.15, -0.1) is 0 Å². The Balaban J connectivity index is 1.65. The number of nitrogens with two attached hydrogens (primary N) is 1. The Labute approximate surface area is 140 Å². The quantitative estimate of drug-likeness (QED) is 0.744. The summed E-state index contributed by atoms with van der Waals surface area (Å²) in [5.41, 5.74) is 1.40. The monoisotopic (exact) mass is 323 g/mol. The first-order chi connectivity index (χ1) is 11.6. The van der Waals surface area contributed by atoms with Gasteiger partial charge in [0.15, 0.2) is 6.54 Å². The maximum atomic E-state index is 13.6. The van der Waals surface area contributed by atoms with Crippen molar-refractivity contribution < 1.29 is 14.5 Å². The Hall–Kier alpha value is -2.72. The number of nitrogens with one attached hydrogen (secondary N) is 1. The molecule has 3 rings (SSSR count). The molecule has 0 aliphatic rings. The number of benzene rings is 3. The van der Waals surface area contributed by atoms with Crippen molar-refractivity contribution in [2.45, 2.75) is 13.0 Å². The van der Waals surface area contributed by atoms with Crippen molar-refractivity contribution in [2.24, 2.45) is 0 Å². The summed E-state index contributed by atoms with van der Waals surface area (Å²) < 4.78 is 13.6. The fourth-order valence-corrected chi connectivity index (χ4v) is 2.82. The third-order valence-electron chi connectivity index (χ3n) is 4.12. The van der Waals surface area contributed by atoms with E-state index >= 15 is 0 Å². The van der Waals surface area contributed by atoms with Crippen molar-refractivity contribution in [1.82, 2.24) is 0 Å². The highest BCUT2D eigenvalue weighted by atomic mass is 19.1. The molecule has 3 nitrogen and oxygen atoms in total. The van der Waals surface area contributed by atoms with E-state index in [1.54, 1.807) is 18.2 Å². The molecule has 0 saturated carbocycles. The van der Waals surface area contributed by atoms with Gasteiger partial charge in [-0.3, -0.25) is 4.79 Å². The predicted octanol–water partition coefficient (Wildman–Crippen LogP) is 3.24. The molecule has 0 fully saturated rings. The molecule has 3 aromatic rings. The molecule has 0 unspecified atom stereocenters. The molecule has 122 valence electrons. The summed E-state index contributed by atoms with van der Waals surface area (Å²) in [4.78, 5) is 12.1. The summed E-state index contributed by atoms with van der Waals surface area (Å²) in [6.07, 6.45) is 0. The van der Waals surface area contributed by atoms with E-state index in [1.807, 2.05) is 23.5 Å². The molecule has 0 aromatic heterocycles. The molecule has 0 radical (unpaired) electrons. The molecule has 0 spiro atoms. The van der Waals surface area contributed by atoms with E-state index in [4.69, 9.17) is 0 Å². The van der Waals surface area contributed by atoms with Gasteiger partial charge in [0.2, 0.25) is 0 Å². The van der Waals surface area contributed by atoms with Gasteiger partial charge in [-0.1, -0.05) is 54.6 Å². The number of para-hydroxylation sites is 1. The third kappa shape index (κ3) is 3.60. The second-order valence-electron chi connectivity index (χ2n) is 5.82. The maximum absolute atomic E-state index is 13.6. The van der Waals surface area contributed by atoms with E-state index in [-0.39, 0.29) is 24.2 Å². The zero-order valence-corrected chi connectivity index (χ0v) is 13.5. The summed E-state index contributed by atoms with van der Waals surface area (Å²) in [5, 5.41) is 6.94. The number of carbonyl (C=O) groups excluding carboxylic acids is 1. The fraction of sp³-hybridized carbons (Fsp3) is 0.150. The number of amides is 1. The van der Waals surface area contributed by atoms with Crippen LogP contribution in [0, 0.1) is 5.82 Å². The number of halogens is 1. The Morgan fingerprint density at radius 1 is 1.04 bits per heavy atom. The predicted molar refractivity (Wildman–Crippen MR) is 94.2 cm³/mol. The van der Waals surface area contributed by atoms with E-state index in [0.29, 0.717) is 0 Å². The fourth-order valence-electron chi connectivity index (χ4n) is 2.82. The Morgan fingerprint density at radius 3 is 2.58 bits per heavy atom. The summed E-state index contributed by atoms with van der Waals surface area (Å²) >= 11 is 0. The number of hydrogen-bond donors (Lipinski definition) is 2. The second kappa shape index (κ2) is 7.23. The average Bonchev–Trinajstić information content (AvgIpc) is 2.61. The zero-order valence-electron chi connectivity index (χ0n) is 13.5. The van der Waals surface area contributed by atoms with Crippen molar-refractivity contribution >= 4 is 22.4 Å². The molecule has 24 heavy (non-hydrogen) atoms. The lowest BCUT2D eigenvalue weighted by Gasteiger charge is -2.14. The number of carbonyl (C=O) groups is 1. The highest BCUT2D eigenvalue weighted by Crippen LogP contribution is 2.22. The van der Waals surface area contributed by atoms with Crippen LogP contribution < -0.4 is 10.6 Å². The first-order valence-corrected chi connectivity index (χ1v) is 8.00. The van der Waals surface area contributed by atoms with Crippen LogP contribution in [0.25, 0.3) is 10.8 Å². The lowest BCUT2D eigenvalue weighted by Crippen LogP contribution is -2.86. The molecule has 0 saturated heterocycles. The van der Waals surface area contributed by atoms with Gasteiger partial charge >= 0.3 is 0 Å². The van der Waals surface area contributed by atoms with E-state index in [0.717, 1.165) is 0 Å². The van der Waals surface area contributed by atoms with Crippen LogP contribution in [0.4, 0.5) is 10.1 Å². The van der Waals surface area contributed by atoms with E-state index in [2.05, 4.69) is 36.5 Å². The number of fused-ring (bicyclic) bond motifs is 1. The summed E-state index contributed by atoms with van der Waals surface area (Å²) in [7, 11) is 0. The molecule has 3 N–H and O–H groups in total. The standard InChI is InChI=1S/C20H19FN2O/c1-14(16-10-6-8-15-7-2-3-9-17(15)16)22-13-20(24)23-19-12-5-4-11-18(19)21/h2-12,14,22H,13H2,1H3,(H,23,24)/p+1/t14-/m1/s1. The van der Waals surface area contributed by atoms with Crippen LogP contribution in [0.1, 0.15) is 18.5 Å². The molecule has 0 bridgehead atoms. The number of rotatable bonds is 5. The first-order valence-electron chi connectivity index (χ1n) is 8.00. The maximum Gasteiger partial charge on any atom is 0.279 e. The Morgan fingerprint density at radius 2 is 1.75 bits per heavy atom. The summed E-state index contributed by atoms with van der Waals surface area (Å²) in [5.74, 6) is -0.639. The van der Waals surface area contributed by atoms with Crippen molar-refractivity contribution in [1.29, 1.82) is 0 Å². The highest BCUT2D eigenvalue weighted by molar-refractivity contribution is 5.91. The van der Waals surface area contributed by atoms with Crippen LogP contribution >= 0.6 is 0 Å². The van der Waals surface area contributed by atoms with Gasteiger partial charge < -0.3 is 10.6 Å². The summed E-state index contributed by atoms with van der Waals surface area (Å²) in [6, 6.07) is 20.7. The molecule has 0 aliphatic carbocycles. The largest absolute Gasteiger partial charge is 0.332 e. The van der Waals surface area contributed by atoms with E-state index in [9.17, 15) is 9.18 Å². The van der Waals surface area contributed by atoms with Crippen molar-refractivity contribution in [3.8, 4) is 0 Å². The third-order valence-corrected chi connectivity index (χ3v) is 4.12. The molecular weight excluding hydrogens is 303 g/mol. The van der Waals surface area contributed by atoms with Gasteiger partial charge in [-0.05, 0) is 29.8 Å². The van der Waals surface area contributed by atoms with Crippen LogP contribution in [-0.4, -0.2) is 12.5 Å². The minimum Gasteiger partial charge on any atom is -0.332 e. The van der Waals surface area contributed by atoms with Gasteiger partial charge in [-0.25, -0.2) is 4.39 Å². The highest BCUT2D eigenvalue weighted by Gasteiger charge is 2.14. The molecule has 1 atom stereocenters. The Bertz CT molecular complexity index is 858. The van der Waals surface area contributed by atoms with Crippen LogP contribution in [0.2, 0.25) is 0 Å². The van der Waals surface area contributed by atoms with Crippen LogP contribution in [0.15, 0.2) is 66.7 Å². The van der Waals surface area contributed by atoms with Crippen molar-refractivity contribution in [2.75, 3.05) is 11.9 Å². The minimum atomic E-state index is -0.423. The first kappa shape index (κ1) is 16.1. The molecule has 1 amide bonds. The van der Waals surface area contributed by atoms with Crippen molar-refractivity contribution in [3.05, 3.63) is 78.1 Å². The smallest absolute Gasteiger partial charge is 0.279 e. The minimum absolute atomic E-state index is 0.127. The lowest BCUT2D eigenvalue weighted by atomic mass is 10.00. The summed E-state index contributed by atoms with van der Waals surface area (Å²) in [6.45, 7) is 2.30. The van der Waals surface area contributed by atoms with Gasteiger partial charge in [0.1, 0.15) is 11.9 Å². The number of quaternary nitrogens is 1. The molecule has 4 heteroatoms. The molecule has 3 aromatic carbocycles. The van der Waals surface area contributed by atoms with Gasteiger partial charge in [0.05, 0.1) is 5.69 Å². The van der Waals surface area contributed by atoms with Crippen molar-refractivity contribution in [3.63, 3.8) is 0 Å². The SMILES string of the molecule is C[C@@H]([NH2+]CC(=O)Nc1ccccc1F)c1cccc2ccccc12. The molecule has 0 aliphatic heterocycles. The van der Waals surface area contributed by atoms with E-state index < -0.39 is 5.82 Å². The Kier molecular flexibility index (Phi) is 4.87. The molecule has 0 heterocycles. The normalized spacial score (nSPS) is 12.1. The lowest BCUT2D eigenvalue weighted by molar-refractivity contribution is -0.682. The van der Waals surface area contributed by atoms with Crippen LogP contribution in [-0.2, 0) is 4.79 Å². The van der Waals surface area contributed by atoms with Gasteiger partial charge in [-0.2, -0.15) is 0 Å². The molecular formula is C20H20FN2O+. The second-order valence-corrected chi connectivity index (χ2v) is 5.82. The van der Waals surface area contributed by atoms with Crippen LogP contribution in [0.3, 0.4) is 0 Å². The zero-order chi connectivity index (χ0) is 16.9.